The molecule has 4 aliphatic carbocycles. The molecule has 0 aromatic heterocycles. The highest BCUT2D eigenvalue weighted by Gasteiger charge is 2.83. The second-order valence-electron chi connectivity index (χ2n) is 13.4. The van der Waals surface area contributed by atoms with Crippen LogP contribution in [0.25, 0.3) is 0 Å². The van der Waals surface area contributed by atoms with Gasteiger partial charge in [-0.25, -0.2) is 0 Å². The number of ketones is 1. The molecule has 2 bridgehead atoms. The number of aliphatic hydroxyl groups excluding tert-OH is 2. The third-order valence-corrected chi connectivity index (χ3v) is 10.8. The number of carbonyl (C=O) groups is 2. The Morgan fingerprint density at radius 3 is 2.13 bits per heavy atom. The van der Waals surface area contributed by atoms with Gasteiger partial charge in [0, 0.05) is 23.7 Å². The number of carbonyl (C=O) groups excluding carboxylic acids is 2. The first-order chi connectivity index (χ1) is 17.8. The van der Waals surface area contributed by atoms with Gasteiger partial charge in [-0.15, -0.1) is 0 Å². The molecule has 4 rings (SSSR count). The fourth-order valence-corrected chi connectivity index (χ4v) is 8.54. The number of hydrogen-bond donors (Lipinski definition) is 3. The Kier molecular flexibility index (Phi) is 8.13. The van der Waals surface area contributed by atoms with Crippen LogP contribution in [0.15, 0.2) is 23.3 Å². The average molecular weight is 531 g/mol. The molecule has 0 aromatic rings. The third-order valence-electron chi connectivity index (χ3n) is 10.8. The number of rotatable bonds is 11. The maximum absolute atomic E-state index is 14.3. The van der Waals surface area contributed by atoms with Gasteiger partial charge in [0.15, 0.2) is 5.78 Å². The fraction of sp³-hybridized carbons (Fsp3) is 0.812. The van der Waals surface area contributed by atoms with Crippen LogP contribution in [-0.4, -0.2) is 50.5 Å². The highest BCUT2D eigenvalue weighted by molar-refractivity contribution is 5.95. The van der Waals surface area contributed by atoms with Gasteiger partial charge >= 0.3 is 5.97 Å². The smallest absolute Gasteiger partial charge is 0.306 e. The van der Waals surface area contributed by atoms with E-state index in [2.05, 4.69) is 20.8 Å². The standard InChI is InChI=1S/C32H50O6/c1-7-8-9-10-11-12-13-14-15-16-24(33)38-31-19-22(4)30-18-21(3)27(35)32(30,37)26(34)20(2)17-23(28(30)36)25(31)29(31,5)6/h17-18,22-23,25-27,34-35,37H,7-16,19H2,1-6H3/t22-,23+,25-,26-,27+,30+,31+,32+/m1/s1. The summed E-state index contributed by atoms with van der Waals surface area (Å²) in [7, 11) is 0. The van der Waals surface area contributed by atoms with Crippen molar-refractivity contribution in [1.29, 1.82) is 0 Å². The Balaban J connectivity index is 1.50. The van der Waals surface area contributed by atoms with Crippen LogP contribution in [-0.2, 0) is 14.3 Å². The van der Waals surface area contributed by atoms with Gasteiger partial charge in [0.1, 0.15) is 23.4 Å². The van der Waals surface area contributed by atoms with Crippen LogP contribution in [0.1, 0.15) is 112 Å². The molecule has 214 valence electrons. The molecule has 6 nitrogen and oxygen atoms in total. The number of allylic oxidation sites excluding steroid dienone is 1. The predicted octanol–water partition coefficient (Wildman–Crippen LogP) is 5.43. The van der Waals surface area contributed by atoms with Crippen molar-refractivity contribution in [2.45, 2.75) is 136 Å². The Hall–Kier alpha value is -1.50. The fourth-order valence-electron chi connectivity index (χ4n) is 8.54. The van der Waals surface area contributed by atoms with Crippen molar-refractivity contribution >= 4 is 11.8 Å². The average Bonchev–Trinajstić information content (AvgIpc) is 3.27. The highest BCUT2D eigenvalue weighted by atomic mass is 16.6. The van der Waals surface area contributed by atoms with Crippen LogP contribution in [0.3, 0.4) is 0 Å². The molecule has 0 unspecified atom stereocenters. The van der Waals surface area contributed by atoms with E-state index in [9.17, 15) is 24.9 Å². The molecule has 0 radical (unpaired) electrons. The number of hydrogen-bond acceptors (Lipinski definition) is 6. The first-order valence-electron chi connectivity index (χ1n) is 15.0. The van der Waals surface area contributed by atoms with Crippen molar-refractivity contribution in [1.82, 2.24) is 0 Å². The molecular weight excluding hydrogens is 480 g/mol. The van der Waals surface area contributed by atoms with Gasteiger partial charge < -0.3 is 20.1 Å². The van der Waals surface area contributed by atoms with E-state index in [-0.39, 0.29) is 17.7 Å². The van der Waals surface area contributed by atoms with E-state index < -0.39 is 46.1 Å². The summed E-state index contributed by atoms with van der Waals surface area (Å²) in [5.41, 5.74) is -3.77. The summed E-state index contributed by atoms with van der Waals surface area (Å²) in [6.07, 6.45) is 12.1. The van der Waals surface area contributed by atoms with Crippen molar-refractivity contribution in [2.75, 3.05) is 0 Å². The number of esters is 1. The van der Waals surface area contributed by atoms with E-state index in [1.54, 1.807) is 26.0 Å². The zero-order valence-electron chi connectivity index (χ0n) is 24.4. The lowest BCUT2D eigenvalue weighted by atomic mass is 9.59. The molecule has 3 N–H and O–H groups in total. The third kappa shape index (κ3) is 4.16. The normalized spacial score (nSPS) is 40.9. The van der Waals surface area contributed by atoms with Gasteiger partial charge in [-0.3, -0.25) is 9.59 Å². The Morgan fingerprint density at radius 2 is 1.53 bits per heavy atom. The molecule has 4 aliphatic rings. The quantitative estimate of drug-likeness (QED) is 0.187. The lowest BCUT2D eigenvalue weighted by molar-refractivity contribution is -0.191. The Labute approximate surface area is 228 Å². The van der Waals surface area contributed by atoms with E-state index in [1.165, 1.54) is 38.5 Å². The zero-order chi connectivity index (χ0) is 28.1. The first kappa shape index (κ1) is 29.5. The van der Waals surface area contributed by atoms with E-state index in [0.717, 1.165) is 19.3 Å². The van der Waals surface area contributed by atoms with Crippen LogP contribution in [0.4, 0.5) is 0 Å². The summed E-state index contributed by atoms with van der Waals surface area (Å²) in [6.45, 7) is 11.6. The SMILES string of the molecule is CCCCCCCCCCCC(=O)O[C@@]12C[C@@H](C)[C@]34C=C(C)[C@H](O)[C@@]3(O)[C@H](O)C(C)=C[C@H](C4=O)[C@@H]1C2(C)C. The number of aliphatic hydroxyl groups is 3. The molecule has 0 saturated heterocycles. The minimum absolute atomic E-state index is 0.188. The van der Waals surface area contributed by atoms with Crippen LogP contribution in [0, 0.1) is 28.6 Å². The Bertz CT molecular complexity index is 996. The zero-order valence-corrected chi connectivity index (χ0v) is 24.4. The Morgan fingerprint density at radius 1 is 0.974 bits per heavy atom. The number of unbranched alkanes of at least 4 members (excludes halogenated alkanes) is 8. The second kappa shape index (κ2) is 10.5. The number of fused-ring (bicyclic) bond motifs is 3. The first-order valence-corrected chi connectivity index (χ1v) is 15.0. The molecule has 8 atom stereocenters. The molecule has 6 heteroatoms. The van der Waals surface area contributed by atoms with Gasteiger partial charge in [-0.05, 0) is 43.8 Å². The molecule has 0 heterocycles. The monoisotopic (exact) mass is 530 g/mol. The molecule has 2 fully saturated rings. The molecule has 0 amide bonds. The van der Waals surface area contributed by atoms with E-state index >= 15 is 0 Å². The summed E-state index contributed by atoms with van der Waals surface area (Å²) in [5.74, 6) is -1.72. The molecule has 0 aliphatic heterocycles. The number of Topliss-reactive ketones (excluding diaryl/α,β-unsaturated/α-hetero) is 1. The van der Waals surface area contributed by atoms with Crippen LogP contribution in [0.5, 0.6) is 0 Å². The van der Waals surface area contributed by atoms with Crippen molar-refractivity contribution in [3.63, 3.8) is 0 Å². The summed E-state index contributed by atoms with van der Waals surface area (Å²) in [5, 5.41) is 34.3. The van der Waals surface area contributed by atoms with Crippen molar-refractivity contribution in [2.24, 2.45) is 28.6 Å². The van der Waals surface area contributed by atoms with Gasteiger partial charge in [0.2, 0.25) is 0 Å². The van der Waals surface area contributed by atoms with Crippen LogP contribution < -0.4 is 0 Å². The van der Waals surface area contributed by atoms with E-state index in [0.29, 0.717) is 24.0 Å². The van der Waals surface area contributed by atoms with E-state index in [1.807, 2.05) is 6.92 Å². The predicted molar refractivity (Wildman–Crippen MR) is 147 cm³/mol. The summed E-state index contributed by atoms with van der Waals surface area (Å²) in [6, 6.07) is 0. The summed E-state index contributed by atoms with van der Waals surface area (Å²) < 4.78 is 6.33. The van der Waals surface area contributed by atoms with E-state index in [4.69, 9.17) is 4.74 Å². The van der Waals surface area contributed by atoms with Crippen molar-refractivity contribution in [3.8, 4) is 0 Å². The topological polar surface area (TPSA) is 104 Å². The largest absolute Gasteiger partial charge is 0.458 e. The summed E-state index contributed by atoms with van der Waals surface area (Å²) >= 11 is 0. The van der Waals surface area contributed by atoms with Gasteiger partial charge in [0.25, 0.3) is 0 Å². The number of ether oxygens (including phenoxy) is 1. The minimum atomic E-state index is -2.05. The van der Waals surface area contributed by atoms with Crippen molar-refractivity contribution < 1.29 is 29.6 Å². The molecule has 1 spiro atoms. The summed E-state index contributed by atoms with van der Waals surface area (Å²) in [4.78, 5) is 27.5. The van der Waals surface area contributed by atoms with Gasteiger partial charge in [-0.1, -0.05) is 91.2 Å². The second-order valence-corrected chi connectivity index (χ2v) is 13.4. The maximum Gasteiger partial charge on any atom is 0.306 e. The van der Waals surface area contributed by atoms with Crippen LogP contribution in [0.2, 0.25) is 0 Å². The molecule has 0 aromatic carbocycles. The van der Waals surface area contributed by atoms with Crippen molar-refractivity contribution in [3.05, 3.63) is 23.3 Å². The molecule has 2 saturated carbocycles. The minimum Gasteiger partial charge on any atom is -0.458 e. The lowest BCUT2D eigenvalue weighted by Gasteiger charge is -2.48. The molecule has 38 heavy (non-hydrogen) atoms. The lowest BCUT2D eigenvalue weighted by Crippen LogP contribution is -2.65. The highest BCUT2D eigenvalue weighted by Crippen LogP contribution is 2.75. The maximum atomic E-state index is 14.3. The van der Waals surface area contributed by atoms with Crippen LogP contribution >= 0.6 is 0 Å². The van der Waals surface area contributed by atoms with Gasteiger partial charge in [-0.2, -0.15) is 0 Å². The molecular formula is C32H50O6. The van der Waals surface area contributed by atoms with Gasteiger partial charge in [0.05, 0.1) is 5.41 Å².